The molecule has 0 saturated carbocycles. The molecule has 1 rings (SSSR count). The monoisotopic (exact) mass is 360 g/mol. The van der Waals surface area contributed by atoms with E-state index in [1.165, 1.54) is 6.92 Å². The average Bonchev–Trinajstić information content (AvgIpc) is 2.42. The lowest BCUT2D eigenvalue weighted by atomic mass is 9.91. The van der Waals surface area contributed by atoms with Crippen LogP contribution in [0.1, 0.15) is 41.5 Å². The van der Waals surface area contributed by atoms with Crippen LogP contribution in [0.4, 0.5) is 0 Å². The van der Waals surface area contributed by atoms with Crippen molar-refractivity contribution in [2.24, 2.45) is 5.92 Å². The molecule has 0 spiro atoms. The van der Waals surface area contributed by atoms with Crippen LogP contribution in [0.25, 0.3) is 0 Å². The molecule has 9 heteroatoms. The number of rotatable bonds is 5. The number of carbonyl (C=O) groups excluding carboxylic acids is 4. The van der Waals surface area contributed by atoms with Crippen molar-refractivity contribution in [3.8, 4) is 0 Å². The Kier molecular flexibility index (Phi) is 7.35. The molecule has 0 aromatic heterocycles. The van der Waals surface area contributed by atoms with Gasteiger partial charge in [0.2, 0.25) is 12.4 Å². The first-order valence-corrected chi connectivity index (χ1v) is 7.87. The summed E-state index contributed by atoms with van der Waals surface area (Å²) in [5, 5.41) is 0. The number of hydrogen-bond acceptors (Lipinski definition) is 9. The number of esters is 4. The van der Waals surface area contributed by atoms with Gasteiger partial charge >= 0.3 is 23.9 Å². The molecule has 0 N–H and O–H groups in total. The van der Waals surface area contributed by atoms with Crippen LogP contribution in [0.3, 0.4) is 0 Å². The molecule has 0 aromatic rings. The molecule has 0 amide bonds. The maximum absolute atomic E-state index is 11.5. The second kappa shape index (κ2) is 8.80. The maximum Gasteiger partial charge on any atom is 0.305 e. The summed E-state index contributed by atoms with van der Waals surface area (Å²) < 4.78 is 26.5. The van der Waals surface area contributed by atoms with Crippen LogP contribution >= 0.6 is 0 Å². The molecule has 1 aliphatic rings. The van der Waals surface area contributed by atoms with Gasteiger partial charge in [-0.15, -0.1) is 0 Å². The van der Waals surface area contributed by atoms with Gasteiger partial charge < -0.3 is 23.7 Å². The Morgan fingerprint density at radius 1 is 0.680 bits per heavy atom. The Morgan fingerprint density at radius 3 is 1.48 bits per heavy atom. The number of ether oxygens (including phenoxy) is 5. The molecule has 0 radical (unpaired) electrons. The Labute approximate surface area is 145 Å². The van der Waals surface area contributed by atoms with Crippen molar-refractivity contribution in [3.63, 3.8) is 0 Å². The third kappa shape index (κ3) is 6.00. The molecule has 1 unspecified atom stereocenters. The van der Waals surface area contributed by atoms with E-state index in [4.69, 9.17) is 23.7 Å². The Morgan fingerprint density at radius 2 is 1.08 bits per heavy atom. The van der Waals surface area contributed by atoms with Crippen molar-refractivity contribution in [1.29, 1.82) is 0 Å². The highest BCUT2D eigenvalue weighted by Crippen LogP contribution is 2.32. The zero-order valence-electron chi connectivity index (χ0n) is 15.1. The van der Waals surface area contributed by atoms with E-state index in [1.807, 2.05) is 0 Å². The minimum Gasteiger partial charge on any atom is -0.456 e. The predicted molar refractivity (Wildman–Crippen MR) is 81.9 cm³/mol. The van der Waals surface area contributed by atoms with Gasteiger partial charge in [-0.05, 0) is 5.92 Å². The summed E-state index contributed by atoms with van der Waals surface area (Å²) >= 11 is 0. The summed E-state index contributed by atoms with van der Waals surface area (Å²) in [5.74, 6) is -2.85. The maximum atomic E-state index is 11.5. The lowest BCUT2D eigenvalue weighted by molar-refractivity contribution is -0.301. The van der Waals surface area contributed by atoms with Gasteiger partial charge in [-0.2, -0.15) is 0 Å². The fraction of sp³-hybridized carbons (Fsp3) is 0.750. The summed E-state index contributed by atoms with van der Waals surface area (Å²) in [4.78, 5) is 45.8. The molecule has 1 heterocycles. The first-order chi connectivity index (χ1) is 11.5. The first kappa shape index (κ1) is 20.9. The fourth-order valence-corrected chi connectivity index (χ4v) is 2.60. The highest BCUT2D eigenvalue weighted by Gasteiger charge is 2.53. The third-order valence-electron chi connectivity index (χ3n) is 3.38. The summed E-state index contributed by atoms with van der Waals surface area (Å²) in [5.41, 5.74) is 0. The molecule has 1 aliphatic heterocycles. The van der Waals surface area contributed by atoms with Gasteiger partial charge in [-0.3, -0.25) is 19.2 Å². The quantitative estimate of drug-likeness (QED) is 0.517. The van der Waals surface area contributed by atoms with E-state index < -0.39 is 54.6 Å². The minimum atomic E-state index is -1.30. The van der Waals surface area contributed by atoms with E-state index >= 15 is 0 Å². The van der Waals surface area contributed by atoms with Crippen LogP contribution in [0.2, 0.25) is 0 Å². The van der Waals surface area contributed by atoms with Crippen LogP contribution in [-0.4, -0.2) is 54.6 Å². The molecule has 9 nitrogen and oxygen atoms in total. The van der Waals surface area contributed by atoms with Gasteiger partial charge in [-0.1, -0.05) is 13.8 Å². The highest BCUT2D eigenvalue weighted by atomic mass is 16.7. The van der Waals surface area contributed by atoms with Crippen LogP contribution in [0.15, 0.2) is 0 Å². The van der Waals surface area contributed by atoms with Crippen LogP contribution < -0.4 is 0 Å². The van der Waals surface area contributed by atoms with Gasteiger partial charge in [0, 0.05) is 27.7 Å². The summed E-state index contributed by atoms with van der Waals surface area (Å²) in [6.45, 7) is 8.26. The normalized spacial score (nSPS) is 28.8. The molecule has 142 valence electrons. The van der Waals surface area contributed by atoms with Crippen molar-refractivity contribution in [1.82, 2.24) is 0 Å². The Hall–Kier alpha value is -2.16. The zero-order chi connectivity index (χ0) is 19.3. The predicted octanol–water partition coefficient (Wildman–Crippen LogP) is 0.725. The van der Waals surface area contributed by atoms with Gasteiger partial charge in [0.1, 0.15) is 6.10 Å². The average molecular weight is 360 g/mol. The summed E-state index contributed by atoms with van der Waals surface area (Å²) in [6, 6.07) is 0. The highest BCUT2D eigenvalue weighted by molar-refractivity contribution is 5.69. The second-order valence-corrected chi connectivity index (χ2v) is 6.04. The first-order valence-electron chi connectivity index (χ1n) is 7.87. The van der Waals surface area contributed by atoms with E-state index in [1.54, 1.807) is 13.8 Å². The van der Waals surface area contributed by atoms with E-state index in [9.17, 15) is 19.2 Å². The minimum absolute atomic E-state index is 0.182. The zero-order valence-corrected chi connectivity index (χ0v) is 15.1. The molecular weight excluding hydrogens is 336 g/mol. The Balaban J connectivity index is 3.31. The molecular formula is C16H24O9. The molecule has 25 heavy (non-hydrogen) atoms. The standard InChI is InChI=1S/C16H24O9/c1-7(2)12-13(21-8(3)17)14(22-9(4)18)15(23-10(5)19)16(25-12)24-11(6)20/h7,12-16H,1-6H3/t12-,13+,14+,15-,16?/m0/s1. The molecule has 5 atom stereocenters. The topological polar surface area (TPSA) is 114 Å². The van der Waals surface area contributed by atoms with Crippen LogP contribution in [0.5, 0.6) is 0 Å². The van der Waals surface area contributed by atoms with Crippen molar-refractivity contribution < 1.29 is 42.9 Å². The lowest BCUT2D eigenvalue weighted by Crippen LogP contribution is -2.63. The van der Waals surface area contributed by atoms with E-state index in [0.29, 0.717) is 0 Å². The number of carbonyl (C=O) groups is 4. The van der Waals surface area contributed by atoms with Gasteiger partial charge in [0.15, 0.2) is 12.2 Å². The lowest BCUT2D eigenvalue weighted by Gasteiger charge is -2.45. The Bertz CT molecular complexity index is 528. The van der Waals surface area contributed by atoms with Crippen molar-refractivity contribution in [2.45, 2.75) is 72.2 Å². The van der Waals surface area contributed by atoms with Gasteiger partial charge in [0.05, 0.1) is 0 Å². The second-order valence-electron chi connectivity index (χ2n) is 6.04. The SMILES string of the molecule is CC(=O)OC1O[C@@H](C(C)C)[C@@H](OC(C)=O)[C@@H](OC(C)=O)[C@@H]1OC(C)=O. The fourth-order valence-electron chi connectivity index (χ4n) is 2.60. The summed E-state index contributed by atoms with van der Waals surface area (Å²) in [7, 11) is 0. The van der Waals surface area contributed by atoms with Crippen LogP contribution in [0, 0.1) is 5.92 Å². The molecule has 0 aromatic carbocycles. The van der Waals surface area contributed by atoms with E-state index in [0.717, 1.165) is 20.8 Å². The summed E-state index contributed by atoms with van der Waals surface area (Å²) in [6.07, 6.45) is -5.53. The van der Waals surface area contributed by atoms with E-state index in [2.05, 4.69) is 0 Å². The molecule has 1 saturated heterocycles. The molecule has 0 aliphatic carbocycles. The van der Waals surface area contributed by atoms with Gasteiger partial charge in [-0.25, -0.2) is 0 Å². The largest absolute Gasteiger partial charge is 0.456 e. The van der Waals surface area contributed by atoms with Crippen LogP contribution in [-0.2, 0) is 42.9 Å². The molecule has 1 fully saturated rings. The smallest absolute Gasteiger partial charge is 0.305 e. The van der Waals surface area contributed by atoms with Crippen molar-refractivity contribution in [2.75, 3.05) is 0 Å². The third-order valence-corrected chi connectivity index (χ3v) is 3.38. The van der Waals surface area contributed by atoms with E-state index in [-0.39, 0.29) is 5.92 Å². The molecule has 0 bridgehead atoms. The number of hydrogen-bond donors (Lipinski definition) is 0. The van der Waals surface area contributed by atoms with Crippen molar-refractivity contribution >= 4 is 23.9 Å². The van der Waals surface area contributed by atoms with Gasteiger partial charge in [0.25, 0.3) is 0 Å². The van der Waals surface area contributed by atoms with Crippen molar-refractivity contribution in [3.05, 3.63) is 0 Å².